The Bertz CT molecular complexity index is 919. The van der Waals surface area contributed by atoms with Crippen molar-refractivity contribution in [3.63, 3.8) is 0 Å². The third-order valence-corrected chi connectivity index (χ3v) is 5.42. The largest absolute Gasteiger partial charge is 0.325 e. The van der Waals surface area contributed by atoms with Crippen LogP contribution in [0.1, 0.15) is 12.0 Å². The van der Waals surface area contributed by atoms with Crippen molar-refractivity contribution in [2.45, 2.75) is 11.7 Å². The molecule has 0 aliphatic carbocycles. The van der Waals surface area contributed by atoms with E-state index in [2.05, 4.69) is 20.8 Å². The number of hydrogen-bond acceptors (Lipinski definition) is 5. The summed E-state index contributed by atoms with van der Waals surface area (Å²) in [7, 11) is 0. The predicted octanol–water partition coefficient (Wildman–Crippen LogP) is 3.94. The van der Waals surface area contributed by atoms with Crippen molar-refractivity contribution in [1.29, 1.82) is 0 Å². The maximum Gasteiger partial charge on any atom is 0.240 e. The Labute approximate surface area is 170 Å². The first-order valence-electron chi connectivity index (χ1n) is 7.90. The maximum atomic E-state index is 12.2. The van der Waals surface area contributed by atoms with Gasteiger partial charge in [0.1, 0.15) is 5.25 Å². The van der Waals surface area contributed by atoms with Gasteiger partial charge in [0.2, 0.25) is 11.8 Å². The molecule has 1 aliphatic heterocycles. The second kappa shape index (κ2) is 9.03. The first-order valence-corrected chi connectivity index (χ1v) is 9.54. The molecule has 2 amide bonds. The monoisotopic (exact) mass is 420 g/mol. The molecule has 0 spiro atoms. The molecule has 1 atom stereocenters. The van der Waals surface area contributed by atoms with Crippen LogP contribution in [-0.4, -0.2) is 28.4 Å². The van der Waals surface area contributed by atoms with Crippen molar-refractivity contribution in [3.8, 4) is 0 Å². The third-order valence-electron chi connectivity index (χ3n) is 3.53. The highest BCUT2D eigenvalue weighted by Gasteiger charge is 2.32. The van der Waals surface area contributed by atoms with Gasteiger partial charge < -0.3 is 10.6 Å². The van der Waals surface area contributed by atoms with Crippen molar-refractivity contribution in [1.82, 2.24) is 5.32 Å². The number of carbonyl (C=O) groups is 2. The summed E-state index contributed by atoms with van der Waals surface area (Å²) in [6, 6.07) is 14.4. The van der Waals surface area contributed by atoms with Gasteiger partial charge in [-0.1, -0.05) is 71.4 Å². The zero-order valence-electron chi connectivity index (χ0n) is 13.9. The van der Waals surface area contributed by atoms with Crippen LogP contribution in [-0.2, 0) is 9.59 Å². The van der Waals surface area contributed by atoms with Crippen molar-refractivity contribution >= 4 is 63.8 Å². The standard InChI is InChI=1S/C18H14Cl2N4O2S/c19-12-7-4-8-13(16(12)20)22-15(25)9-14-17(26)23-18(27-14)24-21-10-11-5-2-1-3-6-11/h1-8,10,14H,9H2,(H,22,25)(H,23,24,26)/b21-10-/t14-/m0/s1. The molecule has 1 aliphatic rings. The van der Waals surface area contributed by atoms with Crippen molar-refractivity contribution < 1.29 is 9.59 Å². The second-order valence-corrected chi connectivity index (χ2v) is 7.49. The molecular weight excluding hydrogens is 407 g/mol. The number of thioether (sulfide) groups is 1. The van der Waals surface area contributed by atoms with E-state index >= 15 is 0 Å². The van der Waals surface area contributed by atoms with Crippen LogP contribution in [0.2, 0.25) is 10.0 Å². The average Bonchev–Trinajstić information content (AvgIpc) is 2.99. The molecule has 27 heavy (non-hydrogen) atoms. The van der Waals surface area contributed by atoms with Crippen LogP contribution < -0.4 is 10.6 Å². The Morgan fingerprint density at radius 1 is 1.19 bits per heavy atom. The topological polar surface area (TPSA) is 82.9 Å². The fourth-order valence-corrected chi connectivity index (χ4v) is 3.52. The Balaban J connectivity index is 1.57. The van der Waals surface area contributed by atoms with E-state index in [9.17, 15) is 9.59 Å². The fraction of sp³-hybridized carbons (Fsp3) is 0.111. The van der Waals surface area contributed by atoms with Gasteiger partial charge in [-0.3, -0.25) is 9.59 Å². The molecule has 2 N–H and O–H groups in total. The van der Waals surface area contributed by atoms with Gasteiger partial charge in [-0.05, 0) is 17.7 Å². The zero-order valence-corrected chi connectivity index (χ0v) is 16.2. The smallest absolute Gasteiger partial charge is 0.240 e. The van der Waals surface area contributed by atoms with E-state index in [-0.39, 0.29) is 23.3 Å². The van der Waals surface area contributed by atoms with E-state index in [0.717, 1.165) is 17.3 Å². The van der Waals surface area contributed by atoms with Crippen molar-refractivity contribution in [2.24, 2.45) is 10.2 Å². The number of hydrogen-bond donors (Lipinski definition) is 2. The van der Waals surface area contributed by atoms with Gasteiger partial charge in [0.15, 0.2) is 5.17 Å². The summed E-state index contributed by atoms with van der Waals surface area (Å²) in [6.45, 7) is 0. The molecule has 2 aromatic carbocycles. The quantitative estimate of drug-likeness (QED) is 0.567. The summed E-state index contributed by atoms with van der Waals surface area (Å²) in [5.41, 5.74) is 1.30. The first kappa shape index (κ1) is 19.4. The average molecular weight is 421 g/mol. The fourth-order valence-electron chi connectivity index (χ4n) is 2.24. The number of amides is 2. The summed E-state index contributed by atoms with van der Waals surface area (Å²) < 4.78 is 0. The minimum absolute atomic E-state index is 0.0270. The van der Waals surface area contributed by atoms with Crippen LogP contribution in [0, 0.1) is 0 Å². The molecule has 0 bridgehead atoms. The minimum atomic E-state index is -0.589. The molecule has 9 heteroatoms. The first-order chi connectivity index (χ1) is 13.0. The molecule has 0 unspecified atom stereocenters. The molecule has 0 saturated carbocycles. The molecule has 1 saturated heterocycles. The van der Waals surface area contributed by atoms with Crippen molar-refractivity contribution in [3.05, 3.63) is 64.1 Å². The number of amidine groups is 1. The van der Waals surface area contributed by atoms with Gasteiger partial charge in [-0.15, -0.1) is 5.10 Å². The molecule has 1 fully saturated rings. The molecule has 2 aromatic rings. The molecule has 3 rings (SSSR count). The number of nitrogens with one attached hydrogen (secondary N) is 2. The van der Waals surface area contributed by atoms with E-state index in [4.69, 9.17) is 23.2 Å². The highest BCUT2D eigenvalue weighted by molar-refractivity contribution is 8.15. The lowest BCUT2D eigenvalue weighted by atomic mass is 10.2. The summed E-state index contributed by atoms with van der Waals surface area (Å²) in [5.74, 6) is -0.637. The van der Waals surface area contributed by atoms with Crippen LogP contribution in [0.3, 0.4) is 0 Å². The SMILES string of the molecule is O=C(C[C@@H]1S/C(=N/N=C\c2ccccc2)NC1=O)Nc1cccc(Cl)c1Cl. The maximum absolute atomic E-state index is 12.2. The van der Waals surface area contributed by atoms with E-state index < -0.39 is 5.25 Å². The minimum Gasteiger partial charge on any atom is -0.325 e. The Morgan fingerprint density at radius 3 is 2.74 bits per heavy atom. The number of anilines is 1. The van der Waals surface area contributed by atoms with Gasteiger partial charge in [-0.25, -0.2) is 0 Å². The lowest BCUT2D eigenvalue weighted by molar-refractivity contribution is -0.122. The number of halogens is 2. The second-order valence-electron chi connectivity index (χ2n) is 5.51. The normalized spacial score (nSPS) is 18.1. The Morgan fingerprint density at radius 2 is 1.96 bits per heavy atom. The molecule has 0 aromatic heterocycles. The van der Waals surface area contributed by atoms with Crippen molar-refractivity contribution in [2.75, 3.05) is 5.32 Å². The van der Waals surface area contributed by atoms with Crippen LogP contribution in [0.4, 0.5) is 5.69 Å². The van der Waals surface area contributed by atoms with Crippen LogP contribution in [0.5, 0.6) is 0 Å². The predicted molar refractivity (Wildman–Crippen MR) is 111 cm³/mol. The highest BCUT2D eigenvalue weighted by atomic mass is 35.5. The van der Waals surface area contributed by atoms with Crippen LogP contribution in [0.15, 0.2) is 58.7 Å². The Hall–Kier alpha value is -2.35. The van der Waals surface area contributed by atoms with Gasteiger partial charge in [0, 0.05) is 6.42 Å². The van der Waals surface area contributed by atoms with Gasteiger partial charge in [-0.2, -0.15) is 5.10 Å². The van der Waals surface area contributed by atoms with E-state index in [1.165, 1.54) is 0 Å². The summed E-state index contributed by atoms with van der Waals surface area (Å²) >= 11 is 13.1. The number of nitrogens with zero attached hydrogens (tertiary/aromatic N) is 2. The Kier molecular flexibility index (Phi) is 6.49. The van der Waals surface area contributed by atoms with Gasteiger partial charge in [0.25, 0.3) is 0 Å². The summed E-state index contributed by atoms with van der Waals surface area (Å²) in [4.78, 5) is 24.2. The lowest BCUT2D eigenvalue weighted by Crippen LogP contribution is -2.28. The molecule has 1 heterocycles. The lowest BCUT2D eigenvalue weighted by Gasteiger charge is -2.09. The van der Waals surface area contributed by atoms with E-state index in [1.807, 2.05) is 30.3 Å². The number of carbonyl (C=O) groups excluding carboxylic acids is 2. The molecule has 6 nitrogen and oxygen atoms in total. The van der Waals surface area contributed by atoms with Crippen LogP contribution >= 0.6 is 35.0 Å². The summed E-state index contributed by atoms with van der Waals surface area (Å²) in [6.07, 6.45) is 1.56. The van der Waals surface area contributed by atoms with Crippen LogP contribution in [0.25, 0.3) is 0 Å². The molecular formula is C18H14Cl2N4O2S. The van der Waals surface area contributed by atoms with E-state index in [1.54, 1.807) is 24.4 Å². The third kappa shape index (κ3) is 5.32. The molecule has 138 valence electrons. The van der Waals surface area contributed by atoms with E-state index in [0.29, 0.717) is 15.9 Å². The van der Waals surface area contributed by atoms with Gasteiger partial charge >= 0.3 is 0 Å². The molecule has 0 radical (unpaired) electrons. The highest BCUT2D eigenvalue weighted by Crippen LogP contribution is 2.30. The number of rotatable bonds is 5. The zero-order chi connectivity index (χ0) is 19.2. The summed E-state index contributed by atoms with van der Waals surface area (Å²) in [5, 5.41) is 13.6. The number of benzene rings is 2. The van der Waals surface area contributed by atoms with Gasteiger partial charge in [0.05, 0.1) is 21.9 Å².